The van der Waals surface area contributed by atoms with Crippen LogP contribution in [0.5, 0.6) is 11.5 Å². The molecule has 0 bridgehead atoms. The third-order valence-electron chi connectivity index (χ3n) is 5.39. The van der Waals surface area contributed by atoms with Crippen LogP contribution < -0.4 is 20.5 Å². The van der Waals surface area contributed by atoms with Crippen LogP contribution in [0.3, 0.4) is 0 Å². The van der Waals surface area contributed by atoms with E-state index in [0.717, 1.165) is 29.7 Å². The van der Waals surface area contributed by atoms with Gasteiger partial charge < -0.3 is 25.0 Å². The number of carbonyl (C=O) groups is 2. The van der Waals surface area contributed by atoms with Crippen LogP contribution in [0.2, 0.25) is 0 Å². The molecule has 5 rings (SSSR count). The first-order chi connectivity index (χ1) is 14.5. The molecule has 1 aromatic carbocycles. The fraction of sp³-hybridized carbons (Fsp3) is 0.286. The van der Waals surface area contributed by atoms with Crippen LogP contribution in [0.1, 0.15) is 44.6 Å². The normalized spacial score (nSPS) is 16.9. The third-order valence-corrected chi connectivity index (χ3v) is 6.55. The number of anilines is 1. The summed E-state index contributed by atoms with van der Waals surface area (Å²) < 4.78 is 16.0. The molecule has 3 heterocycles. The van der Waals surface area contributed by atoms with Gasteiger partial charge in [0.25, 0.3) is 11.8 Å². The molecular weight excluding hydrogens is 406 g/mol. The molecule has 1 aliphatic heterocycles. The van der Waals surface area contributed by atoms with Gasteiger partial charge in [0.15, 0.2) is 23.0 Å². The van der Waals surface area contributed by atoms with E-state index in [0.29, 0.717) is 39.3 Å². The number of rotatable bonds is 4. The molecule has 0 saturated carbocycles. The minimum atomic E-state index is -0.529. The first kappa shape index (κ1) is 18.7. The number of aromatic nitrogens is 1. The summed E-state index contributed by atoms with van der Waals surface area (Å²) in [7, 11) is 0. The van der Waals surface area contributed by atoms with Gasteiger partial charge in [-0.1, -0.05) is 12.1 Å². The molecule has 1 atom stereocenters. The molecule has 3 aromatic rings. The van der Waals surface area contributed by atoms with Crippen LogP contribution in [0.25, 0.3) is 11.3 Å². The molecule has 1 aliphatic carbocycles. The molecule has 2 aliphatic rings. The molecule has 0 spiro atoms. The zero-order valence-electron chi connectivity index (χ0n) is 16.2. The van der Waals surface area contributed by atoms with Crippen molar-refractivity contribution in [3.63, 3.8) is 0 Å². The molecule has 30 heavy (non-hydrogen) atoms. The maximum absolute atomic E-state index is 12.8. The van der Waals surface area contributed by atoms with Crippen LogP contribution in [0.15, 0.2) is 28.8 Å². The Kier molecular flexibility index (Phi) is 4.47. The predicted molar refractivity (Wildman–Crippen MR) is 110 cm³/mol. The Balaban J connectivity index is 1.40. The molecule has 2 aromatic heterocycles. The lowest BCUT2D eigenvalue weighted by Crippen LogP contribution is -2.19. The van der Waals surface area contributed by atoms with Crippen molar-refractivity contribution in [3.8, 4) is 22.8 Å². The lowest BCUT2D eigenvalue weighted by molar-refractivity contribution is 0.1000. The minimum absolute atomic E-state index is 0.109. The number of amides is 2. The Labute approximate surface area is 175 Å². The first-order valence-corrected chi connectivity index (χ1v) is 10.4. The van der Waals surface area contributed by atoms with E-state index in [9.17, 15) is 9.59 Å². The smallest absolute Gasteiger partial charge is 0.278 e. The molecule has 0 saturated heterocycles. The summed E-state index contributed by atoms with van der Waals surface area (Å²) in [6.45, 7) is 2.35. The number of nitrogens with one attached hydrogen (secondary N) is 1. The maximum Gasteiger partial charge on any atom is 0.278 e. The summed E-state index contributed by atoms with van der Waals surface area (Å²) in [5, 5.41) is 7.15. The van der Waals surface area contributed by atoms with Gasteiger partial charge in [0.05, 0.1) is 5.56 Å². The second-order valence-corrected chi connectivity index (χ2v) is 8.62. The van der Waals surface area contributed by atoms with Gasteiger partial charge in [-0.25, -0.2) is 0 Å². The zero-order valence-corrected chi connectivity index (χ0v) is 17.0. The van der Waals surface area contributed by atoms with Gasteiger partial charge in [0, 0.05) is 16.5 Å². The Morgan fingerprint density at radius 3 is 2.90 bits per heavy atom. The number of fused-ring (bicyclic) bond motifs is 2. The van der Waals surface area contributed by atoms with E-state index >= 15 is 0 Å². The van der Waals surface area contributed by atoms with E-state index in [1.54, 1.807) is 24.3 Å². The van der Waals surface area contributed by atoms with E-state index < -0.39 is 11.8 Å². The highest BCUT2D eigenvalue weighted by atomic mass is 32.1. The quantitative estimate of drug-likeness (QED) is 0.660. The van der Waals surface area contributed by atoms with Gasteiger partial charge >= 0.3 is 0 Å². The fourth-order valence-corrected chi connectivity index (χ4v) is 5.25. The van der Waals surface area contributed by atoms with Gasteiger partial charge in [-0.3, -0.25) is 9.59 Å². The van der Waals surface area contributed by atoms with Crippen LogP contribution in [0, 0.1) is 5.92 Å². The Hall–Kier alpha value is -3.33. The summed E-state index contributed by atoms with van der Waals surface area (Å²) in [5.41, 5.74) is 7.81. The maximum atomic E-state index is 12.8. The molecule has 9 heteroatoms. The number of hydrogen-bond acceptors (Lipinski definition) is 7. The molecule has 3 N–H and O–H groups in total. The number of carbonyl (C=O) groups excluding carboxylic acids is 2. The average molecular weight is 425 g/mol. The van der Waals surface area contributed by atoms with Gasteiger partial charge in [-0.15, -0.1) is 11.3 Å². The van der Waals surface area contributed by atoms with E-state index in [2.05, 4.69) is 17.4 Å². The molecule has 0 unspecified atom stereocenters. The minimum Gasteiger partial charge on any atom is -0.454 e. The summed E-state index contributed by atoms with van der Waals surface area (Å²) in [6.07, 6.45) is 2.67. The number of hydrogen-bond donors (Lipinski definition) is 2. The third kappa shape index (κ3) is 3.21. The van der Waals surface area contributed by atoms with Crippen LogP contribution in [0.4, 0.5) is 5.00 Å². The fourth-order valence-electron chi connectivity index (χ4n) is 3.83. The number of thiophene rings is 1. The summed E-state index contributed by atoms with van der Waals surface area (Å²) in [6, 6.07) is 6.89. The lowest BCUT2D eigenvalue weighted by Gasteiger charge is -2.18. The van der Waals surface area contributed by atoms with E-state index in [-0.39, 0.29) is 12.5 Å². The SMILES string of the molecule is C[C@H]1CCc2c(sc(NC(=O)c3cc(-c4ccc5c(c4)OCO5)on3)c2C(N)=O)C1. The van der Waals surface area contributed by atoms with Gasteiger partial charge in [-0.05, 0) is 48.9 Å². The van der Waals surface area contributed by atoms with Crippen LogP contribution in [-0.2, 0) is 12.8 Å². The highest BCUT2D eigenvalue weighted by molar-refractivity contribution is 7.17. The summed E-state index contributed by atoms with van der Waals surface area (Å²) in [5.74, 6) is 1.25. The van der Waals surface area contributed by atoms with Crippen molar-refractivity contribution in [1.29, 1.82) is 0 Å². The zero-order chi connectivity index (χ0) is 20.8. The Morgan fingerprint density at radius 1 is 1.23 bits per heavy atom. The lowest BCUT2D eigenvalue weighted by atomic mass is 9.88. The molecule has 0 fully saturated rings. The number of benzene rings is 1. The molecule has 154 valence electrons. The second-order valence-electron chi connectivity index (χ2n) is 7.52. The summed E-state index contributed by atoms with van der Waals surface area (Å²) >= 11 is 1.41. The second kappa shape index (κ2) is 7.17. The summed E-state index contributed by atoms with van der Waals surface area (Å²) in [4.78, 5) is 25.9. The van der Waals surface area contributed by atoms with Crippen molar-refractivity contribution in [1.82, 2.24) is 5.16 Å². The number of nitrogens with zero attached hydrogens (tertiary/aromatic N) is 1. The van der Waals surface area contributed by atoms with Crippen molar-refractivity contribution < 1.29 is 23.6 Å². The predicted octanol–water partition coefficient (Wildman–Crippen LogP) is 3.61. The number of nitrogens with two attached hydrogens (primary N) is 1. The highest BCUT2D eigenvalue weighted by Crippen LogP contribution is 2.40. The van der Waals surface area contributed by atoms with Crippen molar-refractivity contribution in [2.45, 2.75) is 26.2 Å². The van der Waals surface area contributed by atoms with Gasteiger partial charge in [-0.2, -0.15) is 0 Å². The van der Waals surface area contributed by atoms with Crippen molar-refractivity contribution in [2.24, 2.45) is 11.7 Å². The molecular formula is C21H19N3O5S. The molecule has 8 nitrogen and oxygen atoms in total. The Morgan fingerprint density at radius 2 is 2.07 bits per heavy atom. The first-order valence-electron chi connectivity index (χ1n) is 9.62. The standard InChI is InChI=1S/C21H19N3O5S/c1-10-2-4-12-17(6-10)30-21(18(12)19(22)25)23-20(26)13-8-15(29-24-13)11-3-5-14-16(7-11)28-9-27-14/h3,5,7-8,10H,2,4,6,9H2,1H3,(H2,22,25)(H,23,26)/t10-/m0/s1. The van der Waals surface area contributed by atoms with Gasteiger partial charge in [0.1, 0.15) is 5.00 Å². The van der Waals surface area contributed by atoms with Crippen LogP contribution in [-0.4, -0.2) is 23.8 Å². The van der Waals surface area contributed by atoms with E-state index in [4.69, 9.17) is 19.7 Å². The highest BCUT2D eigenvalue weighted by Gasteiger charge is 2.28. The average Bonchev–Trinajstić information content (AvgIpc) is 3.44. The van der Waals surface area contributed by atoms with E-state index in [1.807, 2.05) is 0 Å². The topological polar surface area (TPSA) is 117 Å². The number of ether oxygens (including phenoxy) is 2. The molecule has 0 radical (unpaired) electrons. The van der Waals surface area contributed by atoms with Crippen molar-refractivity contribution >= 4 is 28.2 Å². The number of primary amides is 1. The van der Waals surface area contributed by atoms with E-state index in [1.165, 1.54) is 11.3 Å². The Bertz CT molecular complexity index is 1170. The van der Waals surface area contributed by atoms with Crippen LogP contribution >= 0.6 is 11.3 Å². The van der Waals surface area contributed by atoms with Crippen molar-refractivity contribution in [2.75, 3.05) is 12.1 Å². The van der Waals surface area contributed by atoms with Crippen molar-refractivity contribution in [3.05, 3.63) is 46.0 Å². The molecule has 2 amide bonds. The monoisotopic (exact) mass is 425 g/mol. The largest absolute Gasteiger partial charge is 0.454 e. The van der Waals surface area contributed by atoms with Gasteiger partial charge in [0.2, 0.25) is 6.79 Å².